The first-order chi connectivity index (χ1) is 16.3. The number of benzene rings is 1. The number of carbonyl (C=O) groups excluding carboxylic acids is 2. The SMILES string of the molecule is CN(C)c1ccc([C@H]2c3sc(=O)[nH]c3S[C@@H]3[C@H]4C[C@@H]([C@@H]5C(=O)N(CCC(=O)O)C(=O)[C@H]45)[C@@H]23)cc1. The van der Waals surface area contributed by atoms with Crippen molar-refractivity contribution in [2.24, 2.45) is 29.6 Å². The molecule has 0 unspecified atom stereocenters. The number of carbonyl (C=O) groups is 3. The smallest absolute Gasteiger partial charge is 0.305 e. The summed E-state index contributed by atoms with van der Waals surface area (Å²) in [5.41, 5.74) is 2.22. The summed E-state index contributed by atoms with van der Waals surface area (Å²) >= 11 is 2.91. The number of thioether (sulfide) groups is 1. The first-order valence-electron chi connectivity index (χ1n) is 11.5. The van der Waals surface area contributed by atoms with Crippen LogP contribution in [-0.4, -0.2) is 58.7 Å². The van der Waals surface area contributed by atoms with Crippen molar-refractivity contribution in [2.45, 2.75) is 29.0 Å². The predicted molar refractivity (Wildman–Crippen MR) is 128 cm³/mol. The highest BCUT2D eigenvalue weighted by molar-refractivity contribution is 8.00. The number of imide groups is 1. The van der Waals surface area contributed by atoms with Crippen LogP contribution in [0.3, 0.4) is 0 Å². The second-order valence-electron chi connectivity index (χ2n) is 9.92. The van der Waals surface area contributed by atoms with Gasteiger partial charge in [-0.1, -0.05) is 23.5 Å². The molecular formula is C24H25N3O5S2. The van der Waals surface area contributed by atoms with Gasteiger partial charge < -0.3 is 15.0 Å². The summed E-state index contributed by atoms with van der Waals surface area (Å²) in [5.74, 6) is -1.94. The van der Waals surface area contributed by atoms with Crippen molar-refractivity contribution in [2.75, 3.05) is 25.5 Å². The Morgan fingerprint density at radius 3 is 2.44 bits per heavy atom. The number of rotatable bonds is 5. The molecule has 10 heteroatoms. The van der Waals surface area contributed by atoms with Gasteiger partial charge in [0.25, 0.3) is 0 Å². The van der Waals surface area contributed by atoms with Gasteiger partial charge in [0.2, 0.25) is 11.8 Å². The molecular weight excluding hydrogens is 474 g/mol. The van der Waals surface area contributed by atoms with Crippen LogP contribution in [0.1, 0.15) is 29.2 Å². The molecule has 0 radical (unpaired) electrons. The highest BCUT2D eigenvalue weighted by Gasteiger charge is 2.69. The summed E-state index contributed by atoms with van der Waals surface area (Å²) in [6.07, 6.45) is 0.598. The summed E-state index contributed by atoms with van der Waals surface area (Å²) in [6.45, 7) is -0.0575. The van der Waals surface area contributed by atoms with Crippen LogP contribution in [0.15, 0.2) is 34.1 Å². The molecule has 1 saturated heterocycles. The van der Waals surface area contributed by atoms with Crippen LogP contribution in [0, 0.1) is 29.6 Å². The number of hydrogen-bond donors (Lipinski definition) is 2. The number of nitrogens with one attached hydrogen (secondary N) is 1. The van der Waals surface area contributed by atoms with Crippen molar-refractivity contribution in [1.82, 2.24) is 9.88 Å². The Morgan fingerprint density at radius 1 is 1.12 bits per heavy atom. The average molecular weight is 500 g/mol. The van der Waals surface area contributed by atoms with Crippen LogP contribution < -0.4 is 9.77 Å². The van der Waals surface area contributed by atoms with Gasteiger partial charge in [0.15, 0.2) is 0 Å². The van der Waals surface area contributed by atoms with E-state index in [0.717, 1.165) is 27.6 Å². The molecule has 2 amide bonds. The first-order valence-corrected chi connectivity index (χ1v) is 13.2. The Balaban J connectivity index is 1.40. The van der Waals surface area contributed by atoms with Crippen LogP contribution in [0.2, 0.25) is 0 Å². The van der Waals surface area contributed by atoms with Crippen LogP contribution in [0.4, 0.5) is 5.69 Å². The Kier molecular flexibility index (Phi) is 4.97. The lowest BCUT2D eigenvalue weighted by atomic mass is 9.68. The molecule has 3 fully saturated rings. The molecule has 2 aromatic rings. The minimum atomic E-state index is -1.01. The van der Waals surface area contributed by atoms with Gasteiger partial charge in [0.1, 0.15) is 0 Å². The van der Waals surface area contributed by atoms with Crippen molar-refractivity contribution in [3.05, 3.63) is 44.4 Å². The molecule has 3 heterocycles. The van der Waals surface area contributed by atoms with Gasteiger partial charge in [-0.25, -0.2) is 0 Å². The molecule has 0 spiro atoms. The van der Waals surface area contributed by atoms with Gasteiger partial charge in [-0.05, 0) is 41.9 Å². The number of carboxylic acids is 1. The number of H-pyrrole nitrogens is 1. The lowest BCUT2D eigenvalue weighted by Gasteiger charge is -2.43. The fraction of sp³-hybridized carbons (Fsp3) is 0.500. The monoisotopic (exact) mass is 499 g/mol. The van der Waals surface area contributed by atoms with E-state index in [1.54, 1.807) is 11.8 Å². The molecule has 2 bridgehead atoms. The van der Waals surface area contributed by atoms with Gasteiger partial charge in [-0.15, -0.1) is 11.8 Å². The molecule has 34 heavy (non-hydrogen) atoms. The average Bonchev–Trinajstić information content (AvgIpc) is 3.51. The maximum absolute atomic E-state index is 13.3. The van der Waals surface area contributed by atoms with E-state index in [-0.39, 0.29) is 70.4 Å². The van der Waals surface area contributed by atoms with Crippen LogP contribution in [-0.2, 0) is 14.4 Å². The fourth-order valence-electron chi connectivity index (χ4n) is 6.86. The number of fused-ring (bicyclic) bond motifs is 9. The van der Waals surface area contributed by atoms with Crippen molar-refractivity contribution in [1.29, 1.82) is 0 Å². The molecule has 178 valence electrons. The Labute approximate surface area is 204 Å². The highest BCUT2D eigenvalue weighted by atomic mass is 32.2. The molecule has 1 aromatic heterocycles. The maximum atomic E-state index is 13.3. The summed E-state index contributed by atoms with van der Waals surface area (Å²) in [4.78, 5) is 57.1. The first kappa shape index (κ1) is 21.9. The topological polar surface area (TPSA) is 111 Å². The minimum Gasteiger partial charge on any atom is -0.481 e. The van der Waals surface area contributed by atoms with Crippen molar-refractivity contribution < 1.29 is 19.5 Å². The van der Waals surface area contributed by atoms with Crippen molar-refractivity contribution in [3.63, 3.8) is 0 Å². The third-order valence-electron chi connectivity index (χ3n) is 8.13. The number of thiazole rings is 1. The number of aromatic amines is 1. The molecule has 2 aliphatic heterocycles. The van der Waals surface area contributed by atoms with Crippen molar-refractivity contribution >= 4 is 46.6 Å². The van der Waals surface area contributed by atoms with Gasteiger partial charge in [-0.3, -0.25) is 24.1 Å². The minimum absolute atomic E-state index is 0.00617. The Morgan fingerprint density at radius 2 is 1.79 bits per heavy atom. The number of carboxylic acid groups (broad SMARTS) is 1. The Hall–Kier alpha value is -2.59. The molecule has 4 aliphatic rings. The molecule has 2 aliphatic carbocycles. The lowest BCUT2D eigenvalue weighted by Crippen LogP contribution is -2.42. The second kappa shape index (κ2) is 7.71. The number of aliphatic carboxylic acids is 1. The number of aromatic nitrogens is 1. The molecule has 6 rings (SSSR count). The Bertz CT molecular complexity index is 1250. The van der Waals surface area contributed by atoms with E-state index in [1.165, 1.54) is 16.2 Å². The summed E-state index contributed by atoms with van der Waals surface area (Å²) in [7, 11) is 3.99. The normalized spacial score (nSPS) is 33.1. The van der Waals surface area contributed by atoms with Gasteiger partial charge in [-0.2, -0.15) is 0 Å². The largest absolute Gasteiger partial charge is 0.481 e. The predicted octanol–water partition coefficient (Wildman–Crippen LogP) is 2.45. The summed E-state index contributed by atoms with van der Waals surface area (Å²) in [5, 5.41) is 10.1. The lowest BCUT2D eigenvalue weighted by molar-refractivity contribution is -0.142. The zero-order valence-corrected chi connectivity index (χ0v) is 20.4. The van der Waals surface area contributed by atoms with E-state index in [2.05, 4.69) is 29.2 Å². The van der Waals surface area contributed by atoms with E-state index in [4.69, 9.17) is 5.11 Å². The molecule has 2 saturated carbocycles. The zero-order chi connectivity index (χ0) is 23.9. The zero-order valence-electron chi connectivity index (χ0n) is 18.8. The quantitative estimate of drug-likeness (QED) is 0.608. The summed E-state index contributed by atoms with van der Waals surface area (Å²) in [6, 6.07) is 8.39. The highest BCUT2D eigenvalue weighted by Crippen LogP contribution is 2.68. The number of nitrogens with zero attached hydrogens (tertiary/aromatic N) is 2. The third kappa shape index (κ3) is 3.04. The van der Waals surface area contributed by atoms with E-state index >= 15 is 0 Å². The third-order valence-corrected chi connectivity index (χ3v) is 10.7. The van der Waals surface area contributed by atoms with Crippen molar-refractivity contribution in [3.8, 4) is 0 Å². The van der Waals surface area contributed by atoms with Crippen LogP contribution >= 0.6 is 23.1 Å². The number of hydrogen-bond acceptors (Lipinski definition) is 7. The second-order valence-corrected chi connectivity index (χ2v) is 12.1. The molecule has 2 N–H and O–H groups in total. The van der Waals surface area contributed by atoms with Crippen LogP contribution in [0.25, 0.3) is 0 Å². The van der Waals surface area contributed by atoms with E-state index < -0.39 is 5.97 Å². The van der Waals surface area contributed by atoms with Gasteiger partial charge in [0, 0.05) is 42.4 Å². The van der Waals surface area contributed by atoms with E-state index in [9.17, 15) is 19.2 Å². The standard InChI is InChI=1S/C24H25N3O5S2/c1-26(2)11-5-3-10(4-6-11)15-16-12-9-13(19(16)33-21-20(15)34-24(32)25-21)18-17(12)22(30)27(23(18)31)8-7-14(28)29/h3-6,12-13,15-19H,7-9H2,1-2H3,(H,25,32)(H,28,29)/t12-,13+,15-,16+,17+,18-,19-/m1/s1. The maximum Gasteiger partial charge on any atom is 0.305 e. The van der Waals surface area contributed by atoms with E-state index in [1.807, 2.05) is 19.0 Å². The number of anilines is 1. The molecule has 1 aromatic carbocycles. The van der Waals surface area contributed by atoms with Gasteiger partial charge in [0.05, 0.1) is 23.3 Å². The number of amides is 2. The van der Waals surface area contributed by atoms with Crippen LogP contribution in [0.5, 0.6) is 0 Å². The summed E-state index contributed by atoms with van der Waals surface area (Å²) < 4.78 is 0. The fourth-order valence-corrected chi connectivity index (χ4v) is 9.75. The van der Waals surface area contributed by atoms with E-state index in [0.29, 0.717) is 0 Å². The number of likely N-dealkylation sites (tertiary alicyclic amines) is 1. The van der Waals surface area contributed by atoms with Gasteiger partial charge >= 0.3 is 10.8 Å². The molecule has 7 atom stereocenters. The molecule has 8 nitrogen and oxygen atoms in total.